The van der Waals surface area contributed by atoms with Crippen molar-refractivity contribution in [2.45, 2.75) is 32.2 Å². The molecule has 0 bridgehead atoms. The Morgan fingerprint density at radius 1 is 1.43 bits per heavy atom. The molecule has 1 aliphatic rings. The van der Waals surface area contributed by atoms with Crippen LogP contribution in [0.15, 0.2) is 30.6 Å². The van der Waals surface area contributed by atoms with Gasteiger partial charge >= 0.3 is 0 Å². The molecule has 1 N–H and O–H groups in total. The first-order valence-corrected chi connectivity index (χ1v) is 7.67. The summed E-state index contributed by atoms with van der Waals surface area (Å²) in [6.07, 6.45) is 7.01. The molecule has 0 fully saturated rings. The Balaban J connectivity index is 1.68. The number of nitrogens with one attached hydrogen (secondary N) is 1. The largest absolute Gasteiger partial charge is 0.493 e. The molecule has 0 amide bonds. The van der Waals surface area contributed by atoms with Gasteiger partial charge in [-0.1, -0.05) is 18.2 Å². The number of fused-ring (bicyclic) bond motifs is 1. The SMILES string of the molecule is Cc1cccc2c1OCCCC2NCCc1nccn1C. The molecule has 0 spiro atoms. The minimum atomic E-state index is 0.377. The van der Waals surface area contributed by atoms with Gasteiger partial charge in [-0.15, -0.1) is 0 Å². The van der Waals surface area contributed by atoms with Crippen molar-refractivity contribution < 1.29 is 4.74 Å². The van der Waals surface area contributed by atoms with Gasteiger partial charge in [0.2, 0.25) is 0 Å². The third-order valence-corrected chi connectivity index (χ3v) is 4.16. The van der Waals surface area contributed by atoms with E-state index in [-0.39, 0.29) is 0 Å². The minimum absolute atomic E-state index is 0.377. The van der Waals surface area contributed by atoms with Crippen LogP contribution < -0.4 is 10.1 Å². The van der Waals surface area contributed by atoms with Crippen LogP contribution in [0, 0.1) is 6.92 Å². The van der Waals surface area contributed by atoms with Gasteiger partial charge in [0, 0.05) is 44.0 Å². The van der Waals surface area contributed by atoms with Crippen molar-refractivity contribution in [1.82, 2.24) is 14.9 Å². The van der Waals surface area contributed by atoms with Gasteiger partial charge in [0.1, 0.15) is 11.6 Å². The molecule has 0 saturated heterocycles. The van der Waals surface area contributed by atoms with Crippen LogP contribution in [0.25, 0.3) is 0 Å². The van der Waals surface area contributed by atoms with Crippen LogP contribution in [-0.4, -0.2) is 22.7 Å². The number of benzene rings is 1. The van der Waals surface area contributed by atoms with E-state index in [0.29, 0.717) is 6.04 Å². The molecule has 1 aliphatic heterocycles. The van der Waals surface area contributed by atoms with E-state index in [1.807, 2.05) is 19.4 Å². The van der Waals surface area contributed by atoms with Crippen molar-refractivity contribution in [3.63, 3.8) is 0 Å². The zero-order chi connectivity index (χ0) is 14.7. The number of imidazole rings is 1. The highest BCUT2D eigenvalue weighted by Crippen LogP contribution is 2.33. The fourth-order valence-corrected chi connectivity index (χ4v) is 2.97. The molecule has 4 heteroatoms. The predicted octanol–water partition coefficient (Wildman–Crippen LogP) is 2.77. The molecule has 3 rings (SSSR count). The van der Waals surface area contributed by atoms with Gasteiger partial charge in [0.05, 0.1) is 6.61 Å². The highest BCUT2D eigenvalue weighted by molar-refractivity contribution is 5.43. The van der Waals surface area contributed by atoms with Crippen molar-refractivity contribution in [2.24, 2.45) is 7.05 Å². The molecular formula is C17H23N3O. The molecule has 1 unspecified atom stereocenters. The number of hydrogen-bond donors (Lipinski definition) is 1. The maximum atomic E-state index is 5.92. The van der Waals surface area contributed by atoms with E-state index in [2.05, 4.69) is 40.0 Å². The van der Waals surface area contributed by atoms with Gasteiger partial charge in [0.25, 0.3) is 0 Å². The second-order valence-electron chi connectivity index (χ2n) is 5.70. The molecule has 1 atom stereocenters. The number of ether oxygens (including phenoxy) is 1. The van der Waals surface area contributed by atoms with Crippen LogP contribution in [-0.2, 0) is 13.5 Å². The second kappa shape index (κ2) is 6.31. The summed E-state index contributed by atoms with van der Waals surface area (Å²) in [5, 5.41) is 3.68. The Labute approximate surface area is 126 Å². The van der Waals surface area contributed by atoms with Crippen molar-refractivity contribution in [2.75, 3.05) is 13.2 Å². The predicted molar refractivity (Wildman–Crippen MR) is 83.6 cm³/mol. The van der Waals surface area contributed by atoms with E-state index in [0.717, 1.165) is 44.0 Å². The van der Waals surface area contributed by atoms with Crippen molar-refractivity contribution >= 4 is 0 Å². The second-order valence-corrected chi connectivity index (χ2v) is 5.70. The van der Waals surface area contributed by atoms with Gasteiger partial charge in [-0.05, 0) is 25.3 Å². The Kier molecular flexibility index (Phi) is 4.25. The summed E-state index contributed by atoms with van der Waals surface area (Å²) in [5.41, 5.74) is 2.53. The molecule has 0 aliphatic carbocycles. The average Bonchev–Trinajstić information content (AvgIpc) is 2.76. The number of para-hydroxylation sites is 1. The molecule has 21 heavy (non-hydrogen) atoms. The van der Waals surface area contributed by atoms with Crippen LogP contribution >= 0.6 is 0 Å². The monoisotopic (exact) mass is 285 g/mol. The third kappa shape index (κ3) is 3.10. The first-order chi connectivity index (χ1) is 10.3. The van der Waals surface area contributed by atoms with E-state index in [1.54, 1.807) is 0 Å². The van der Waals surface area contributed by atoms with Gasteiger partial charge in [-0.2, -0.15) is 0 Å². The van der Waals surface area contributed by atoms with Gasteiger partial charge in [0.15, 0.2) is 0 Å². The maximum absolute atomic E-state index is 5.92. The highest BCUT2D eigenvalue weighted by Gasteiger charge is 2.20. The van der Waals surface area contributed by atoms with Gasteiger partial charge < -0.3 is 14.6 Å². The molecular weight excluding hydrogens is 262 g/mol. The summed E-state index contributed by atoms with van der Waals surface area (Å²) in [7, 11) is 2.04. The smallest absolute Gasteiger partial charge is 0.126 e. The van der Waals surface area contributed by atoms with Crippen LogP contribution in [0.3, 0.4) is 0 Å². The van der Waals surface area contributed by atoms with E-state index < -0.39 is 0 Å². The highest BCUT2D eigenvalue weighted by atomic mass is 16.5. The summed E-state index contributed by atoms with van der Waals surface area (Å²) in [6.45, 7) is 3.87. The lowest BCUT2D eigenvalue weighted by molar-refractivity contribution is 0.313. The zero-order valence-corrected chi connectivity index (χ0v) is 12.8. The Hall–Kier alpha value is -1.81. The van der Waals surface area contributed by atoms with Crippen molar-refractivity contribution in [3.05, 3.63) is 47.5 Å². The van der Waals surface area contributed by atoms with Crippen molar-refractivity contribution in [3.8, 4) is 5.75 Å². The van der Waals surface area contributed by atoms with Crippen LogP contribution in [0.1, 0.15) is 35.8 Å². The topological polar surface area (TPSA) is 39.1 Å². The quantitative estimate of drug-likeness (QED) is 0.939. The molecule has 0 radical (unpaired) electrons. The summed E-state index contributed by atoms with van der Waals surface area (Å²) in [5.74, 6) is 2.20. The molecule has 4 nitrogen and oxygen atoms in total. The van der Waals surface area contributed by atoms with Crippen LogP contribution in [0.5, 0.6) is 5.75 Å². The number of aromatic nitrogens is 2. The molecule has 2 heterocycles. The summed E-state index contributed by atoms with van der Waals surface area (Å²) in [6, 6.07) is 6.81. The van der Waals surface area contributed by atoms with Gasteiger partial charge in [-0.3, -0.25) is 0 Å². The van der Waals surface area contributed by atoms with E-state index in [1.165, 1.54) is 11.1 Å². The Morgan fingerprint density at radius 3 is 3.14 bits per heavy atom. The zero-order valence-electron chi connectivity index (χ0n) is 12.8. The van der Waals surface area contributed by atoms with E-state index in [9.17, 15) is 0 Å². The number of hydrogen-bond acceptors (Lipinski definition) is 3. The molecule has 112 valence electrons. The maximum Gasteiger partial charge on any atom is 0.126 e. The normalized spacial score (nSPS) is 17.9. The fourth-order valence-electron chi connectivity index (χ4n) is 2.97. The number of aryl methyl sites for hydroxylation is 2. The average molecular weight is 285 g/mol. The Morgan fingerprint density at radius 2 is 2.33 bits per heavy atom. The number of rotatable bonds is 4. The van der Waals surface area contributed by atoms with Gasteiger partial charge in [-0.25, -0.2) is 4.98 Å². The molecule has 2 aromatic rings. The Bertz CT molecular complexity index is 606. The molecule has 0 saturated carbocycles. The lowest BCUT2D eigenvalue weighted by Gasteiger charge is -2.19. The lowest BCUT2D eigenvalue weighted by Crippen LogP contribution is -2.24. The number of nitrogens with zero attached hydrogens (tertiary/aromatic N) is 2. The fraction of sp³-hybridized carbons (Fsp3) is 0.471. The first kappa shape index (κ1) is 14.1. The van der Waals surface area contributed by atoms with E-state index >= 15 is 0 Å². The minimum Gasteiger partial charge on any atom is -0.493 e. The van der Waals surface area contributed by atoms with Crippen molar-refractivity contribution in [1.29, 1.82) is 0 Å². The summed E-state index contributed by atoms with van der Waals surface area (Å²) in [4.78, 5) is 4.37. The molecule has 1 aromatic carbocycles. The standard InChI is InChI=1S/C17H23N3O/c1-13-5-3-6-14-15(7-4-12-21-17(13)14)18-9-8-16-19-10-11-20(16)2/h3,5-6,10-11,15,18H,4,7-9,12H2,1-2H3. The lowest BCUT2D eigenvalue weighted by atomic mass is 10.00. The first-order valence-electron chi connectivity index (χ1n) is 7.67. The molecule has 1 aromatic heterocycles. The summed E-state index contributed by atoms with van der Waals surface area (Å²) < 4.78 is 8.00. The van der Waals surface area contributed by atoms with E-state index in [4.69, 9.17) is 4.74 Å². The van der Waals surface area contributed by atoms with Crippen LogP contribution in [0.2, 0.25) is 0 Å². The van der Waals surface area contributed by atoms with Crippen LogP contribution in [0.4, 0.5) is 0 Å². The third-order valence-electron chi connectivity index (χ3n) is 4.16. The summed E-state index contributed by atoms with van der Waals surface area (Å²) >= 11 is 0.